The van der Waals surface area contributed by atoms with Gasteiger partial charge in [0.1, 0.15) is 18.1 Å². The molecule has 0 saturated carbocycles. The van der Waals surface area contributed by atoms with Crippen LogP contribution in [0.5, 0.6) is 5.75 Å². The molecule has 0 atom stereocenters. The zero-order valence-corrected chi connectivity index (χ0v) is 14.1. The minimum Gasteiger partial charge on any atom is -0.489 e. The van der Waals surface area contributed by atoms with Crippen LogP contribution >= 0.6 is 0 Å². The van der Waals surface area contributed by atoms with Gasteiger partial charge in [-0.3, -0.25) is 9.69 Å². The van der Waals surface area contributed by atoms with Crippen molar-refractivity contribution in [1.29, 1.82) is 0 Å². The van der Waals surface area contributed by atoms with E-state index in [-0.39, 0.29) is 11.9 Å². The van der Waals surface area contributed by atoms with Crippen LogP contribution in [0.4, 0.5) is 4.79 Å². The van der Waals surface area contributed by atoms with Gasteiger partial charge in [-0.15, -0.1) is 0 Å². The van der Waals surface area contributed by atoms with Gasteiger partial charge in [-0.25, -0.2) is 4.79 Å². The minimum atomic E-state index is -0.360. The van der Waals surface area contributed by atoms with E-state index in [1.54, 1.807) is 6.08 Å². The molecule has 0 aliphatic carbocycles. The van der Waals surface area contributed by atoms with E-state index < -0.39 is 0 Å². The molecule has 25 heavy (non-hydrogen) atoms. The summed E-state index contributed by atoms with van der Waals surface area (Å²) in [6.45, 7) is 2.85. The standard InChI is InChI=1S/C20H20N2O3/c1-2-12-22-19(23)18(21-20(22)24)13-15-8-10-17(11-9-15)25-14-16-6-4-3-5-7-16/h3-11,13H,2,12,14H2,1H3,(H,21,24)/b18-13+. The first kappa shape index (κ1) is 16.8. The van der Waals surface area contributed by atoms with E-state index in [4.69, 9.17) is 4.74 Å². The molecule has 1 fully saturated rings. The van der Waals surface area contributed by atoms with Crippen molar-refractivity contribution >= 4 is 18.0 Å². The highest BCUT2D eigenvalue weighted by atomic mass is 16.5. The van der Waals surface area contributed by atoms with Crippen molar-refractivity contribution < 1.29 is 14.3 Å². The average Bonchev–Trinajstić information content (AvgIpc) is 2.90. The summed E-state index contributed by atoms with van der Waals surface area (Å²) < 4.78 is 5.74. The topological polar surface area (TPSA) is 58.6 Å². The quantitative estimate of drug-likeness (QED) is 0.648. The van der Waals surface area contributed by atoms with Gasteiger partial charge in [-0.2, -0.15) is 0 Å². The highest BCUT2D eigenvalue weighted by Gasteiger charge is 2.32. The maximum absolute atomic E-state index is 12.2. The number of carbonyl (C=O) groups excluding carboxylic acids is 2. The van der Waals surface area contributed by atoms with Gasteiger partial charge in [0.25, 0.3) is 5.91 Å². The summed E-state index contributed by atoms with van der Waals surface area (Å²) in [7, 11) is 0. The highest BCUT2D eigenvalue weighted by molar-refractivity contribution is 6.13. The number of imide groups is 1. The van der Waals surface area contributed by atoms with E-state index in [2.05, 4.69) is 5.32 Å². The van der Waals surface area contributed by atoms with Crippen molar-refractivity contribution in [3.05, 3.63) is 71.4 Å². The molecule has 0 unspecified atom stereocenters. The number of ether oxygens (including phenoxy) is 1. The summed E-state index contributed by atoms with van der Waals surface area (Å²) in [5.41, 5.74) is 2.23. The van der Waals surface area contributed by atoms with Crippen LogP contribution in [0, 0.1) is 0 Å². The first-order chi connectivity index (χ1) is 12.2. The number of urea groups is 1. The Morgan fingerprint density at radius 3 is 2.44 bits per heavy atom. The second-order valence-electron chi connectivity index (χ2n) is 5.79. The molecule has 2 aromatic rings. The monoisotopic (exact) mass is 336 g/mol. The van der Waals surface area contributed by atoms with Crippen LogP contribution in [0.1, 0.15) is 24.5 Å². The summed E-state index contributed by atoms with van der Waals surface area (Å²) in [5, 5.41) is 2.62. The number of nitrogens with zero attached hydrogens (tertiary/aromatic N) is 1. The fourth-order valence-corrected chi connectivity index (χ4v) is 2.57. The van der Waals surface area contributed by atoms with E-state index in [1.165, 1.54) is 4.90 Å². The highest BCUT2D eigenvalue weighted by Crippen LogP contribution is 2.18. The van der Waals surface area contributed by atoms with Crippen LogP contribution in [0.2, 0.25) is 0 Å². The number of hydrogen-bond donors (Lipinski definition) is 1. The first-order valence-corrected chi connectivity index (χ1v) is 8.28. The van der Waals surface area contributed by atoms with Crippen molar-refractivity contribution in [2.24, 2.45) is 0 Å². The molecule has 0 radical (unpaired) electrons. The van der Waals surface area contributed by atoms with Crippen LogP contribution in [-0.2, 0) is 11.4 Å². The lowest BCUT2D eigenvalue weighted by Crippen LogP contribution is -2.31. The third-order valence-corrected chi connectivity index (χ3v) is 3.85. The van der Waals surface area contributed by atoms with E-state index in [9.17, 15) is 9.59 Å². The maximum atomic E-state index is 12.2. The molecular weight excluding hydrogens is 316 g/mol. The third-order valence-electron chi connectivity index (χ3n) is 3.85. The Hall–Kier alpha value is -3.08. The number of nitrogens with one attached hydrogen (secondary N) is 1. The normalized spacial score (nSPS) is 15.6. The Kier molecular flexibility index (Phi) is 5.14. The van der Waals surface area contributed by atoms with Gasteiger partial charge >= 0.3 is 6.03 Å². The molecule has 0 spiro atoms. The van der Waals surface area contributed by atoms with Crippen LogP contribution in [0.3, 0.4) is 0 Å². The largest absolute Gasteiger partial charge is 0.489 e. The summed E-state index contributed by atoms with van der Waals surface area (Å²) in [4.78, 5) is 25.2. The lowest BCUT2D eigenvalue weighted by Gasteiger charge is -2.08. The fraction of sp³-hybridized carbons (Fsp3) is 0.200. The molecule has 1 N–H and O–H groups in total. The zero-order chi connectivity index (χ0) is 17.6. The summed E-state index contributed by atoms with van der Waals surface area (Å²) in [5.74, 6) is 0.469. The van der Waals surface area contributed by atoms with Crippen LogP contribution in [-0.4, -0.2) is 23.4 Å². The van der Waals surface area contributed by atoms with E-state index >= 15 is 0 Å². The van der Waals surface area contributed by atoms with Gasteiger partial charge in [0, 0.05) is 6.54 Å². The molecule has 1 aliphatic rings. The van der Waals surface area contributed by atoms with Gasteiger partial charge < -0.3 is 10.1 Å². The SMILES string of the molecule is CCCN1C(=O)N/C(=C/c2ccc(OCc3ccccc3)cc2)C1=O. The van der Waals surface area contributed by atoms with Gasteiger partial charge in [0.2, 0.25) is 0 Å². The number of rotatable bonds is 6. The van der Waals surface area contributed by atoms with Crippen molar-refractivity contribution in [2.75, 3.05) is 6.54 Å². The lowest BCUT2D eigenvalue weighted by molar-refractivity contribution is -0.122. The van der Waals surface area contributed by atoms with Crippen LogP contribution in [0.25, 0.3) is 6.08 Å². The molecular formula is C20H20N2O3. The second-order valence-corrected chi connectivity index (χ2v) is 5.79. The lowest BCUT2D eigenvalue weighted by atomic mass is 10.2. The summed E-state index contributed by atoms with van der Waals surface area (Å²) >= 11 is 0. The Morgan fingerprint density at radius 2 is 1.76 bits per heavy atom. The zero-order valence-electron chi connectivity index (χ0n) is 14.1. The molecule has 1 heterocycles. The Bertz CT molecular complexity index is 782. The van der Waals surface area contributed by atoms with Gasteiger partial charge in [0.15, 0.2) is 0 Å². The maximum Gasteiger partial charge on any atom is 0.329 e. The molecule has 0 bridgehead atoms. The third kappa shape index (κ3) is 4.07. The molecule has 5 heteroatoms. The van der Waals surface area contributed by atoms with Crippen molar-refractivity contribution in [2.45, 2.75) is 20.0 Å². The molecule has 1 aliphatic heterocycles. The Labute approximate surface area is 146 Å². The number of amides is 3. The minimum absolute atomic E-state index is 0.281. The van der Waals surface area contributed by atoms with Gasteiger partial charge in [0.05, 0.1) is 0 Å². The van der Waals surface area contributed by atoms with Crippen molar-refractivity contribution in [3.63, 3.8) is 0 Å². The van der Waals surface area contributed by atoms with Gasteiger partial charge in [-0.05, 0) is 35.8 Å². The van der Waals surface area contributed by atoms with Gasteiger partial charge in [-0.1, -0.05) is 49.4 Å². The van der Waals surface area contributed by atoms with Crippen molar-refractivity contribution in [1.82, 2.24) is 10.2 Å². The smallest absolute Gasteiger partial charge is 0.329 e. The average molecular weight is 336 g/mol. The fourth-order valence-electron chi connectivity index (χ4n) is 2.57. The van der Waals surface area contributed by atoms with E-state index in [1.807, 2.05) is 61.5 Å². The molecule has 2 aromatic carbocycles. The first-order valence-electron chi connectivity index (χ1n) is 8.28. The number of hydrogen-bond acceptors (Lipinski definition) is 3. The Balaban J connectivity index is 1.64. The predicted octanol–water partition coefficient (Wildman–Crippen LogP) is 3.57. The second kappa shape index (κ2) is 7.66. The summed E-state index contributed by atoms with van der Waals surface area (Å²) in [6.07, 6.45) is 2.41. The molecule has 0 aromatic heterocycles. The predicted molar refractivity (Wildman–Crippen MR) is 95.7 cm³/mol. The molecule has 3 amide bonds. The van der Waals surface area contributed by atoms with E-state index in [0.717, 1.165) is 23.3 Å². The number of benzene rings is 2. The Morgan fingerprint density at radius 1 is 1.04 bits per heavy atom. The number of carbonyl (C=O) groups is 2. The van der Waals surface area contributed by atoms with Crippen molar-refractivity contribution in [3.8, 4) is 5.75 Å². The molecule has 5 nitrogen and oxygen atoms in total. The van der Waals surface area contributed by atoms with Crippen LogP contribution in [0.15, 0.2) is 60.3 Å². The summed E-state index contributed by atoms with van der Waals surface area (Å²) in [6, 6.07) is 17.0. The van der Waals surface area contributed by atoms with Crippen LogP contribution < -0.4 is 10.1 Å². The molecule has 128 valence electrons. The molecule has 3 rings (SSSR count). The van der Waals surface area contributed by atoms with E-state index in [0.29, 0.717) is 18.8 Å². The molecule has 1 saturated heterocycles.